The first-order valence-corrected chi connectivity index (χ1v) is 11.5. The highest BCUT2D eigenvalue weighted by Crippen LogP contribution is 2.25. The van der Waals surface area contributed by atoms with E-state index in [0.717, 1.165) is 48.5 Å². The molecule has 3 heterocycles. The second-order valence-corrected chi connectivity index (χ2v) is 8.66. The maximum atomic E-state index is 13.7. The second kappa shape index (κ2) is 9.71. The summed E-state index contributed by atoms with van der Waals surface area (Å²) in [6, 6.07) is 14.4. The lowest BCUT2D eigenvalue weighted by Crippen LogP contribution is -2.47. The molecule has 1 amide bonds. The van der Waals surface area contributed by atoms with E-state index in [1.807, 2.05) is 46.0 Å². The van der Waals surface area contributed by atoms with E-state index in [4.69, 9.17) is 4.74 Å². The Morgan fingerprint density at radius 1 is 1.09 bits per heavy atom. The van der Waals surface area contributed by atoms with E-state index < -0.39 is 5.82 Å². The lowest BCUT2D eigenvalue weighted by molar-refractivity contribution is -0.132. The van der Waals surface area contributed by atoms with Crippen LogP contribution >= 0.6 is 0 Å². The van der Waals surface area contributed by atoms with Crippen molar-refractivity contribution in [3.63, 3.8) is 0 Å². The number of aromatic nitrogens is 3. The summed E-state index contributed by atoms with van der Waals surface area (Å²) in [6.07, 6.45) is 4.08. The Morgan fingerprint density at radius 3 is 2.60 bits per heavy atom. The number of anilines is 2. The van der Waals surface area contributed by atoms with Gasteiger partial charge in [0, 0.05) is 61.4 Å². The average Bonchev–Trinajstić information content (AvgIpc) is 3.29. The van der Waals surface area contributed by atoms with E-state index in [1.54, 1.807) is 18.3 Å². The average molecular weight is 475 g/mol. The number of amides is 1. The van der Waals surface area contributed by atoms with Crippen LogP contribution in [0.3, 0.4) is 0 Å². The number of carbonyl (C=O) groups is 1. The molecule has 9 heteroatoms. The van der Waals surface area contributed by atoms with Crippen LogP contribution in [0.5, 0.6) is 5.75 Å². The summed E-state index contributed by atoms with van der Waals surface area (Å²) >= 11 is 0. The van der Waals surface area contributed by atoms with Gasteiger partial charge >= 0.3 is 0 Å². The predicted molar refractivity (Wildman–Crippen MR) is 133 cm³/mol. The van der Waals surface area contributed by atoms with Gasteiger partial charge in [-0.25, -0.2) is 9.37 Å². The molecule has 5 rings (SSSR count). The highest BCUT2D eigenvalue weighted by atomic mass is 19.1. The molecule has 180 valence electrons. The van der Waals surface area contributed by atoms with Crippen LogP contribution in [0, 0.1) is 5.82 Å². The van der Waals surface area contributed by atoms with Gasteiger partial charge in [0.2, 0.25) is 11.9 Å². The fourth-order valence-corrected chi connectivity index (χ4v) is 4.17. The van der Waals surface area contributed by atoms with Crippen molar-refractivity contribution >= 4 is 28.6 Å². The molecule has 4 aromatic rings. The van der Waals surface area contributed by atoms with Crippen molar-refractivity contribution in [3.8, 4) is 11.4 Å². The third-order valence-electron chi connectivity index (χ3n) is 6.26. The van der Waals surface area contributed by atoms with Crippen molar-refractivity contribution in [2.24, 2.45) is 0 Å². The van der Waals surface area contributed by atoms with Gasteiger partial charge in [-0.3, -0.25) is 4.79 Å². The first-order valence-electron chi connectivity index (χ1n) is 11.5. The maximum Gasteiger partial charge on any atom is 0.229 e. The van der Waals surface area contributed by atoms with Crippen LogP contribution < -0.4 is 10.1 Å². The molecule has 0 aliphatic carbocycles. The van der Waals surface area contributed by atoms with Crippen LogP contribution in [-0.4, -0.2) is 70.6 Å². The highest BCUT2D eigenvalue weighted by molar-refractivity contribution is 5.80. The minimum absolute atomic E-state index is 0.144. The van der Waals surface area contributed by atoms with Gasteiger partial charge in [-0.2, -0.15) is 4.98 Å². The van der Waals surface area contributed by atoms with Crippen molar-refractivity contribution < 1.29 is 13.9 Å². The molecule has 1 saturated heterocycles. The monoisotopic (exact) mass is 474 g/mol. The largest absolute Gasteiger partial charge is 0.494 e. The molecule has 0 spiro atoms. The van der Waals surface area contributed by atoms with Crippen molar-refractivity contribution in [1.29, 1.82) is 0 Å². The second-order valence-electron chi connectivity index (χ2n) is 8.66. The number of nitrogens with zero attached hydrogens (tertiary/aromatic N) is 5. The Balaban J connectivity index is 1.33. The molecule has 1 N–H and O–H groups in total. The molecule has 8 nitrogen and oxygen atoms in total. The number of hydrogen-bond donors (Lipinski definition) is 1. The maximum absolute atomic E-state index is 13.7. The van der Waals surface area contributed by atoms with Crippen molar-refractivity contribution in [3.05, 3.63) is 72.3 Å². The molecule has 2 aromatic heterocycles. The van der Waals surface area contributed by atoms with Crippen LogP contribution in [0.15, 0.2) is 60.9 Å². The summed E-state index contributed by atoms with van der Waals surface area (Å²) in [5, 5.41) is 3.99. The number of hydrogen-bond acceptors (Lipinski definition) is 6. The van der Waals surface area contributed by atoms with Gasteiger partial charge < -0.3 is 24.4 Å². The zero-order valence-electron chi connectivity index (χ0n) is 19.7. The lowest BCUT2D eigenvalue weighted by Gasteiger charge is -2.32. The fourth-order valence-electron chi connectivity index (χ4n) is 4.17. The fraction of sp³-hybridized carbons (Fsp3) is 0.269. The molecule has 0 radical (unpaired) electrons. The molecule has 0 bridgehead atoms. The van der Waals surface area contributed by atoms with Crippen LogP contribution in [0.2, 0.25) is 0 Å². The Kier molecular flexibility index (Phi) is 6.33. The first kappa shape index (κ1) is 22.8. The Hall–Kier alpha value is -3.98. The number of halogens is 1. The van der Waals surface area contributed by atoms with Gasteiger partial charge in [0.25, 0.3) is 0 Å². The van der Waals surface area contributed by atoms with Gasteiger partial charge in [-0.05, 0) is 42.9 Å². The Labute approximate surface area is 203 Å². The zero-order valence-corrected chi connectivity index (χ0v) is 19.7. The van der Waals surface area contributed by atoms with E-state index in [2.05, 4.69) is 27.2 Å². The predicted octanol–water partition coefficient (Wildman–Crippen LogP) is 3.63. The molecule has 1 aliphatic rings. The van der Waals surface area contributed by atoms with Gasteiger partial charge in [-0.15, -0.1) is 0 Å². The minimum atomic E-state index is -0.433. The standard InChI is InChI=1S/C26H27FN6O2/c1-31-11-13-32(14-12-31)24(34)15-18-3-6-21(7-4-18)33-10-9-19-17-28-26(30-25(19)33)29-20-5-8-22(27)23(16-20)35-2/h3-10,16-17H,11-15H2,1-2H3,(H,28,29,30). The number of benzene rings is 2. The number of carbonyl (C=O) groups excluding carboxylic acids is 1. The molecule has 0 unspecified atom stereocenters. The molecule has 2 aromatic carbocycles. The van der Waals surface area contributed by atoms with Crippen LogP contribution in [-0.2, 0) is 11.2 Å². The molecule has 1 aliphatic heterocycles. The number of methoxy groups -OCH3 is 1. The Morgan fingerprint density at radius 2 is 1.86 bits per heavy atom. The van der Waals surface area contributed by atoms with Crippen molar-refractivity contribution in [2.45, 2.75) is 6.42 Å². The number of rotatable bonds is 6. The molecular formula is C26H27FN6O2. The third-order valence-corrected chi connectivity index (χ3v) is 6.26. The number of ether oxygens (including phenoxy) is 1. The quantitative estimate of drug-likeness (QED) is 0.460. The molecule has 0 atom stereocenters. The van der Waals surface area contributed by atoms with Gasteiger partial charge in [-0.1, -0.05) is 12.1 Å². The summed E-state index contributed by atoms with van der Waals surface area (Å²) in [5.41, 5.74) is 3.27. The molecule has 35 heavy (non-hydrogen) atoms. The topological polar surface area (TPSA) is 75.5 Å². The van der Waals surface area contributed by atoms with Crippen molar-refractivity contribution in [2.75, 3.05) is 45.7 Å². The lowest BCUT2D eigenvalue weighted by atomic mass is 10.1. The third kappa shape index (κ3) is 4.95. The Bertz CT molecular complexity index is 1350. The van der Waals surface area contributed by atoms with Gasteiger partial charge in [0.15, 0.2) is 11.6 Å². The van der Waals surface area contributed by atoms with Crippen molar-refractivity contribution in [1.82, 2.24) is 24.3 Å². The van der Waals surface area contributed by atoms with Crippen LogP contribution in [0.4, 0.5) is 16.0 Å². The summed E-state index contributed by atoms with van der Waals surface area (Å²) in [7, 11) is 3.50. The van der Waals surface area contributed by atoms with E-state index in [0.29, 0.717) is 18.1 Å². The van der Waals surface area contributed by atoms with Crippen LogP contribution in [0.25, 0.3) is 16.7 Å². The molecular weight excluding hydrogens is 447 g/mol. The number of nitrogens with one attached hydrogen (secondary N) is 1. The van der Waals surface area contributed by atoms with E-state index >= 15 is 0 Å². The van der Waals surface area contributed by atoms with E-state index in [1.165, 1.54) is 13.2 Å². The smallest absolute Gasteiger partial charge is 0.229 e. The first-order chi connectivity index (χ1) is 17.0. The van der Waals surface area contributed by atoms with Crippen LogP contribution in [0.1, 0.15) is 5.56 Å². The normalized spacial score (nSPS) is 14.3. The number of likely N-dealkylation sites (N-methyl/N-ethyl adjacent to an activating group) is 1. The van der Waals surface area contributed by atoms with E-state index in [-0.39, 0.29) is 11.7 Å². The van der Waals surface area contributed by atoms with E-state index in [9.17, 15) is 9.18 Å². The molecule has 0 saturated carbocycles. The summed E-state index contributed by atoms with van der Waals surface area (Å²) in [6.45, 7) is 3.39. The summed E-state index contributed by atoms with van der Waals surface area (Å²) in [4.78, 5) is 25.9. The van der Waals surface area contributed by atoms with Gasteiger partial charge in [0.05, 0.1) is 13.5 Å². The summed E-state index contributed by atoms with van der Waals surface area (Å²) < 4.78 is 20.7. The minimum Gasteiger partial charge on any atom is -0.494 e. The number of piperazine rings is 1. The molecule has 1 fully saturated rings. The highest BCUT2D eigenvalue weighted by Gasteiger charge is 2.19. The zero-order chi connectivity index (χ0) is 24.4. The summed E-state index contributed by atoms with van der Waals surface area (Å²) in [5.74, 6) is 0.265. The van der Waals surface area contributed by atoms with Gasteiger partial charge in [0.1, 0.15) is 5.65 Å². The SMILES string of the molecule is COc1cc(Nc2ncc3ccn(-c4ccc(CC(=O)N5CCN(C)CC5)cc4)c3n2)ccc1F. The number of fused-ring (bicyclic) bond motifs is 1.